The summed E-state index contributed by atoms with van der Waals surface area (Å²) in [6.45, 7) is 9.97. The van der Waals surface area contributed by atoms with Crippen molar-refractivity contribution in [3.63, 3.8) is 0 Å². The SMILES string of the molecule is CC(C)(C)c1cc(CN2CC[C@@H](Cc3ccc(CO)cc3)C2)[nH]n1. The second kappa shape index (κ2) is 7.08. The van der Waals surface area contributed by atoms with Crippen LogP contribution in [0.5, 0.6) is 0 Å². The van der Waals surface area contributed by atoms with Crippen LogP contribution < -0.4 is 0 Å². The molecule has 1 saturated heterocycles. The van der Waals surface area contributed by atoms with Crippen molar-refractivity contribution >= 4 is 0 Å². The molecule has 1 atom stereocenters. The summed E-state index contributed by atoms with van der Waals surface area (Å²) < 4.78 is 0. The van der Waals surface area contributed by atoms with Gasteiger partial charge in [-0.25, -0.2) is 0 Å². The van der Waals surface area contributed by atoms with Gasteiger partial charge in [0.05, 0.1) is 12.3 Å². The van der Waals surface area contributed by atoms with Crippen LogP contribution in [0.1, 0.15) is 49.7 Å². The van der Waals surface area contributed by atoms with Gasteiger partial charge >= 0.3 is 0 Å². The molecule has 1 aliphatic heterocycles. The number of H-pyrrole nitrogens is 1. The normalized spacial score (nSPS) is 19.1. The van der Waals surface area contributed by atoms with E-state index in [4.69, 9.17) is 5.11 Å². The average Bonchev–Trinajstić information content (AvgIpc) is 3.18. The van der Waals surface area contributed by atoms with E-state index in [1.165, 1.54) is 17.7 Å². The number of hydrogen-bond acceptors (Lipinski definition) is 3. The summed E-state index contributed by atoms with van der Waals surface area (Å²) in [5.41, 5.74) is 4.81. The number of hydrogen-bond donors (Lipinski definition) is 2. The summed E-state index contributed by atoms with van der Waals surface area (Å²) in [5.74, 6) is 0.718. The molecule has 1 fully saturated rings. The monoisotopic (exact) mass is 327 g/mol. The molecule has 1 aromatic heterocycles. The first-order valence-electron chi connectivity index (χ1n) is 8.90. The maximum atomic E-state index is 9.12. The van der Waals surface area contributed by atoms with E-state index in [2.05, 4.69) is 54.1 Å². The van der Waals surface area contributed by atoms with E-state index in [1.54, 1.807) is 0 Å². The number of rotatable bonds is 5. The number of likely N-dealkylation sites (tertiary alicyclic amines) is 1. The van der Waals surface area contributed by atoms with Gasteiger partial charge in [0.2, 0.25) is 0 Å². The predicted molar refractivity (Wildman–Crippen MR) is 96.7 cm³/mol. The molecule has 2 heterocycles. The Labute approximate surface area is 144 Å². The topological polar surface area (TPSA) is 52.1 Å². The zero-order valence-electron chi connectivity index (χ0n) is 15.0. The number of nitrogens with one attached hydrogen (secondary N) is 1. The van der Waals surface area contributed by atoms with E-state index in [-0.39, 0.29) is 12.0 Å². The molecule has 0 unspecified atom stereocenters. The predicted octanol–water partition coefficient (Wildman–Crippen LogP) is 3.26. The van der Waals surface area contributed by atoms with Crippen molar-refractivity contribution in [3.8, 4) is 0 Å². The van der Waals surface area contributed by atoms with E-state index >= 15 is 0 Å². The number of benzene rings is 1. The summed E-state index contributed by atoms with van der Waals surface area (Å²) in [7, 11) is 0. The van der Waals surface area contributed by atoms with Crippen molar-refractivity contribution < 1.29 is 5.11 Å². The van der Waals surface area contributed by atoms with Crippen LogP contribution in [0.4, 0.5) is 0 Å². The first-order chi connectivity index (χ1) is 11.4. The third-order valence-electron chi connectivity index (χ3n) is 4.89. The van der Waals surface area contributed by atoms with Crippen LogP contribution in [-0.4, -0.2) is 33.3 Å². The molecule has 1 aliphatic rings. The van der Waals surface area contributed by atoms with Crippen LogP contribution in [0, 0.1) is 5.92 Å². The summed E-state index contributed by atoms with van der Waals surface area (Å²) in [6.07, 6.45) is 2.38. The van der Waals surface area contributed by atoms with Crippen LogP contribution >= 0.6 is 0 Å². The first-order valence-corrected chi connectivity index (χ1v) is 8.90. The van der Waals surface area contributed by atoms with Gasteiger partial charge in [-0.05, 0) is 42.5 Å². The van der Waals surface area contributed by atoms with E-state index in [9.17, 15) is 0 Å². The van der Waals surface area contributed by atoms with Gasteiger partial charge in [-0.1, -0.05) is 45.0 Å². The van der Waals surface area contributed by atoms with Crippen molar-refractivity contribution in [2.45, 2.75) is 52.2 Å². The Bertz CT molecular complexity index is 654. The van der Waals surface area contributed by atoms with Crippen molar-refractivity contribution in [1.29, 1.82) is 0 Å². The Morgan fingerprint density at radius 1 is 1.21 bits per heavy atom. The molecule has 0 radical (unpaired) electrons. The summed E-state index contributed by atoms with van der Waals surface area (Å²) in [6, 6.07) is 10.6. The molecule has 4 nitrogen and oxygen atoms in total. The van der Waals surface area contributed by atoms with E-state index < -0.39 is 0 Å². The minimum Gasteiger partial charge on any atom is -0.392 e. The van der Waals surface area contributed by atoms with Crippen molar-refractivity contribution in [2.24, 2.45) is 5.92 Å². The summed E-state index contributed by atoms with van der Waals surface area (Å²) >= 11 is 0. The lowest BCUT2D eigenvalue weighted by Crippen LogP contribution is -2.21. The van der Waals surface area contributed by atoms with Gasteiger partial charge in [-0.2, -0.15) is 5.10 Å². The van der Waals surface area contributed by atoms with Crippen LogP contribution in [0.25, 0.3) is 0 Å². The molecular weight excluding hydrogens is 298 g/mol. The maximum absolute atomic E-state index is 9.12. The lowest BCUT2D eigenvalue weighted by Gasteiger charge is -2.15. The standard InChI is InChI=1S/C20H29N3O/c1-20(2,3)19-11-18(21-22-19)13-23-9-8-17(12-23)10-15-4-6-16(14-24)7-5-15/h4-7,11,17,24H,8-10,12-14H2,1-3H3,(H,21,22)/t17-/m0/s1. The summed E-state index contributed by atoms with van der Waals surface area (Å²) in [5, 5.41) is 16.8. The lowest BCUT2D eigenvalue weighted by atomic mass is 9.92. The quantitative estimate of drug-likeness (QED) is 0.886. The van der Waals surface area contributed by atoms with Crippen LogP contribution in [0.3, 0.4) is 0 Å². The fourth-order valence-electron chi connectivity index (χ4n) is 3.40. The molecule has 130 valence electrons. The van der Waals surface area contributed by atoms with Gasteiger partial charge in [0.15, 0.2) is 0 Å². The molecule has 1 aromatic carbocycles. The molecule has 0 saturated carbocycles. The molecule has 4 heteroatoms. The highest BCUT2D eigenvalue weighted by molar-refractivity contribution is 5.22. The van der Waals surface area contributed by atoms with Crippen molar-refractivity contribution in [2.75, 3.05) is 13.1 Å². The number of aromatic amines is 1. The second-order valence-corrected chi connectivity index (χ2v) is 8.10. The Hall–Kier alpha value is -1.65. The molecule has 2 aromatic rings. The largest absolute Gasteiger partial charge is 0.392 e. The van der Waals surface area contributed by atoms with Gasteiger partial charge in [0.25, 0.3) is 0 Å². The number of aliphatic hydroxyl groups excluding tert-OH is 1. The molecule has 2 N–H and O–H groups in total. The highest BCUT2D eigenvalue weighted by atomic mass is 16.3. The van der Waals surface area contributed by atoms with Gasteiger partial charge in [0.1, 0.15) is 0 Å². The molecule has 0 amide bonds. The summed E-state index contributed by atoms with van der Waals surface area (Å²) in [4.78, 5) is 2.52. The Balaban J connectivity index is 1.52. The maximum Gasteiger partial charge on any atom is 0.0681 e. The van der Waals surface area contributed by atoms with Crippen LogP contribution in [0.15, 0.2) is 30.3 Å². The molecule has 0 spiro atoms. The zero-order chi connectivity index (χ0) is 17.2. The molecular formula is C20H29N3O. The molecule has 3 rings (SSSR count). The molecule has 24 heavy (non-hydrogen) atoms. The Kier molecular flexibility index (Phi) is 5.07. The van der Waals surface area contributed by atoms with Gasteiger partial charge < -0.3 is 5.11 Å². The highest BCUT2D eigenvalue weighted by Gasteiger charge is 2.24. The van der Waals surface area contributed by atoms with Crippen LogP contribution in [-0.2, 0) is 25.0 Å². The van der Waals surface area contributed by atoms with Gasteiger partial charge in [0, 0.05) is 24.2 Å². The molecule has 0 bridgehead atoms. The third-order valence-corrected chi connectivity index (χ3v) is 4.89. The van der Waals surface area contributed by atoms with E-state index in [1.807, 2.05) is 12.1 Å². The van der Waals surface area contributed by atoms with E-state index in [0.29, 0.717) is 0 Å². The fraction of sp³-hybridized carbons (Fsp3) is 0.550. The zero-order valence-corrected chi connectivity index (χ0v) is 15.0. The van der Waals surface area contributed by atoms with Crippen LogP contribution in [0.2, 0.25) is 0 Å². The molecule has 0 aliphatic carbocycles. The number of aromatic nitrogens is 2. The van der Waals surface area contributed by atoms with Gasteiger partial charge in [-0.3, -0.25) is 10.00 Å². The second-order valence-electron chi connectivity index (χ2n) is 8.10. The Morgan fingerprint density at radius 3 is 2.54 bits per heavy atom. The minimum atomic E-state index is 0.100. The average molecular weight is 327 g/mol. The minimum absolute atomic E-state index is 0.100. The number of nitrogens with zero attached hydrogens (tertiary/aromatic N) is 2. The number of aliphatic hydroxyl groups is 1. The van der Waals surface area contributed by atoms with E-state index in [0.717, 1.165) is 43.2 Å². The fourth-order valence-corrected chi connectivity index (χ4v) is 3.40. The Morgan fingerprint density at radius 2 is 1.92 bits per heavy atom. The van der Waals surface area contributed by atoms with Crippen molar-refractivity contribution in [3.05, 3.63) is 52.8 Å². The third kappa shape index (κ3) is 4.25. The van der Waals surface area contributed by atoms with Gasteiger partial charge in [-0.15, -0.1) is 0 Å². The van der Waals surface area contributed by atoms with Crippen molar-refractivity contribution in [1.82, 2.24) is 15.1 Å². The highest BCUT2D eigenvalue weighted by Crippen LogP contribution is 2.24. The smallest absolute Gasteiger partial charge is 0.0681 e. The first kappa shape index (κ1) is 17.2. The lowest BCUT2D eigenvalue weighted by molar-refractivity contribution is 0.282.